The predicted octanol–water partition coefficient (Wildman–Crippen LogP) is 2.64. The van der Waals surface area contributed by atoms with Crippen molar-refractivity contribution in [2.24, 2.45) is 5.73 Å². The molecule has 0 spiro atoms. The van der Waals surface area contributed by atoms with Crippen LogP contribution >= 0.6 is 0 Å². The van der Waals surface area contributed by atoms with Crippen molar-refractivity contribution in [3.05, 3.63) is 28.3 Å². The quantitative estimate of drug-likeness (QED) is 0.661. The molecule has 20 heavy (non-hydrogen) atoms. The van der Waals surface area contributed by atoms with Gasteiger partial charge in [-0.05, 0) is 32.3 Å². The van der Waals surface area contributed by atoms with E-state index in [9.17, 15) is 10.1 Å². The molecule has 2 N–H and O–H groups in total. The van der Waals surface area contributed by atoms with Gasteiger partial charge in [0.05, 0.1) is 11.5 Å². The second kappa shape index (κ2) is 6.56. The Balaban J connectivity index is 2.15. The Kier molecular flexibility index (Phi) is 4.79. The Bertz CT molecular complexity index is 478. The van der Waals surface area contributed by atoms with Gasteiger partial charge in [-0.2, -0.15) is 0 Å². The fourth-order valence-corrected chi connectivity index (χ4v) is 2.44. The molecule has 1 aromatic rings. The van der Waals surface area contributed by atoms with Gasteiger partial charge in [-0.25, -0.2) is 0 Å². The monoisotopic (exact) mass is 280 g/mol. The molecule has 1 fully saturated rings. The summed E-state index contributed by atoms with van der Waals surface area (Å²) in [5.74, 6) is 0.806. The fraction of sp³-hybridized carbons (Fsp3) is 0.571. The molecule has 6 heteroatoms. The molecule has 2 atom stereocenters. The zero-order valence-electron chi connectivity index (χ0n) is 11.6. The molecule has 1 aliphatic carbocycles. The standard InChI is InChI=1S/C14H20N2O4/c1-2-19-14-9-10(7-8-12(14)16(17)18)20-13-6-4-3-5-11(13)15/h7-9,11,13H,2-6,15H2,1H3. The van der Waals surface area contributed by atoms with E-state index in [2.05, 4.69) is 0 Å². The van der Waals surface area contributed by atoms with Crippen LogP contribution in [0.4, 0.5) is 5.69 Å². The average Bonchev–Trinajstić information content (AvgIpc) is 2.42. The summed E-state index contributed by atoms with van der Waals surface area (Å²) >= 11 is 0. The van der Waals surface area contributed by atoms with Crippen LogP contribution in [0.2, 0.25) is 0 Å². The van der Waals surface area contributed by atoms with Crippen LogP contribution in [0.25, 0.3) is 0 Å². The Hall–Kier alpha value is -1.82. The third-order valence-electron chi connectivity index (χ3n) is 3.47. The molecule has 0 heterocycles. The van der Waals surface area contributed by atoms with Crippen LogP contribution in [0.1, 0.15) is 32.6 Å². The van der Waals surface area contributed by atoms with Crippen molar-refractivity contribution in [1.82, 2.24) is 0 Å². The average molecular weight is 280 g/mol. The van der Waals surface area contributed by atoms with Gasteiger partial charge >= 0.3 is 5.69 Å². The summed E-state index contributed by atoms with van der Waals surface area (Å²) in [6.07, 6.45) is 4.08. The number of nitrogens with zero attached hydrogens (tertiary/aromatic N) is 1. The maximum atomic E-state index is 10.9. The van der Waals surface area contributed by atoms with Gasteiger partial charge in [0.1, 0.15) is 11.9 Å². The SMILES string of the molecule is CCOc1cc(OC2CCCCC2N)ccc1[N+](=O)[O-]. The minimum Gasteiger partial charge on any atom is -0.489 e. The lowest BCUT2D eigenvalue weighted by atomic mass is 9.93. The number of ether oxygens (including phenoxy) is 2. The van der Waals surface area contributed by atoms with Crippen LogP contribution in [-0.2, 0) is 0 Å². The van der Waals surface area contributed by atoms with E-state index >= 15 is 0 Å². The van der Waals surface area contributed by atoms with Gasteiger partial charge in [0.15, 0.2) is 0 Å². The lowest BCUT2D eigenvalue weighted by molar-refractivity contribution is -0.385. The third kappa shape index (κ3) is 3.39. The van der Waals surface area contributed by atoms with Gasteiger partial charge in [-0.15, -0.1) is 0 Å². The highest BCUT2D eigenvalue weighted by Crippen LogP contribution is 2.32. The number of benzene rings is 1. The molecule has 0 radical (unpaired) electrons. The first-order chi connectivity index (χ1) is 9.61. The van der Waals surface area contributed by atoms with E-state index in [1.54, 1.807) is 19.1 Å². The van der Waals surface area contributed by atoms with E-state index < -0.39 is 4.92 Å². The lowest BCUT2D eigenvalue weighted by Gasteiger charge is -2.29. The number of nitrogens with two attached hydrogens (primary N) is 1. The molecule has 0 bridgehead atoms. The number of nitro benzene ring substituents is 1. The van der Waals surface area contributed by atoms with Crippen LogP contribution in [0.5, 0.6) is 11.5 Å². The summed E-state index contributed by atoms with van der Waals surface area (Å²) in [5.41, 5.74) is 5.99. The highest BCUT2D eigenvalue weighted by molar-refractivity contribution is 5.50. The minimum absolute atomic E-state index is 0.0227. The van der Waals surface area contributed by atoms with Gasteiger partial charge in [-0.1, -0.05) is 6.42 Å². The van der Waals surface area contributed by atoms with Crippen molar-refractivity contribution in [3.63, 3.8) is 0 Å². The zero-order chi connectivity index (χ0) is 14.5. The topological polar surface area (TPSA) is 87.6 Å². The molecule has 1 aromatic carbocycles. The second-order valence-electron chi connectivity index (χ2n) is 4.92. The first-order valence-electron chi connectivity index (χ1n) is 6.95. The molecule has 1 aliphatic rings. The van der Waals surface area contributed by atoms with Crippen molar-refractivity contribution in [1.29, 1.82) is 0 Å². The Morgan fingerprint density at radius 2 is 2.15 bits per heavy atom. The first-order valence-corrected chi connectivity index (χ1v) is 6.95. The highest BCUT2D eigenvalue weighted by atomic mass is 16.6. The minimum atomic E-state index is -0.457. The van der Waals surface area contributed by atoms with Crippen molar-refractivity contribution < 1.29 is 14.4 Å². The number of hydrogen-bond donors (Lipinski definition) is 1. The van der Waals surface area contributed by atoms with Gasteiger partial charge in [0.2, 0.25) is 5.75 Å². The number of hydrogen-bond acceptors (Lipinski definition) is 5. The maximum absolute atomic E-state index is 10.9. The Morgan fingerprint density at radius 3 is 2.80 bits per heavy atom. The summed E-state index contributed by atoms with van der Waals surface area (Å²) in [6, 6.07) is 4.61. The molecule has 2 unspecified atom stereocenters. The third-order valence-corrected chi connectivity index (χ3v) is 3.47. The van der Waals surface area contributed by atoms with E-state index in [4.69, 9.17) is 15.2 Å². The molecular formula is C14H20N2O4. The van der Waals surface area contributed by atoms with Crippen LogP contribution < -0.4 is 15.2 Å². The number of rotatable bonds is 5. The molecule has 0 aromatic heterocycles. The van der Waals surface area contributed by atoms with E-state index in [-0.39, 0.29) is 23.6 Å². The van der Waals surface area contributed by atoms with Gasteiger partial charge < -0.3 is 15.2 Å². The summed E-state index contributed by atoms with van der Waals surface area (Å²) < 4.78 is 11.2. The first kappa shape index (κ1) is 14.6. The van der Waals surface area contributed by atoms with Gasteiger partial charge in [0.25, 0.3) is 0 Å². The summed E-state index contributed by atoms with van der Waals surface area (Å²) in [4.78, 5) is 10.5. The molecule has 1 saturated carbocycles. The van der Waals surface area contributed by atoms with Crippen LogP contribution in [-0.4, -0.2) is 23.7 Å². The lowest BCUT2D eigenvalue weighted by Crippen LogP contribution is -2.41. The zero-order valence-corrected chi connectivity index (χ0v) is 11.6. The van der Waals surface area contributed by atoms with Crippen molar-refractivity contribution >= 4 is 5.69 Å². The normalized spacial score (nSPS) is 22.3. The van der Waals surface area contributed by atoms with E-state index in [0.717, 1.165) is 25.7 Å². The van der Waals surface area contributed by atoms with Crippen LogP contribution in [0.3, 0.4) is 0 Å². The molecule has 0 amide bonds. The van der Waals surface area contributed by atoms with Crippen molar-refractivity contribution in [3.8, 4) is 11.5 Å². The van der Waals surface area contributed by atoms with E-state index in [0.29, 0.717) is 12.4 Å². The molecular weight excluding hydrogens is 260 g/mol. The van der Waals surface area contributed by atoms with Gasteiger partial charge in [-0.3, -0.25) is 10.1 Å². The highest BCUT2D eigenvalue weighted by Gasteiger charge is 2.24. The number of nitro groups is 1. The smallest absolute Gasteiger partial charge is 0.311 e. The van der Waals surface area contributed by atoms with Crippen LogP contribution in [0.15, 0.2) is 18.2 Å². The van der Waals surface area contributed by atoms with Gasteiger partial charge in [0, 0.05) is 18.2 Å². The van der Waals surface area contributed by atoms with Crippen molar-refractivity contribution in [2.75, 3.05) is 6.61 Å². The van der Waals surface area contributed by atoms with Crippen molar-refractivity contribution in [2.45, 2.75) is 44.8 Å². The Labute approximate surface area is 118 Å². The Morgan fingerprint density at radius 1 is 1.40 bits per heavy atom. The van der Waals surface area contributed by atoms with E-state index in [1.165, 1.54) is 6.07 Å². The van der Waals surface area contributed by atoms with E-state index in [1.807, 2.05) is 0 Å². The predicted molar refractivity (Wildman–Crippen MR) is 75.1 cm³/mol. The van der Waals surface area contributed by atoms with Crippen LogP contribution in [0, 0.1) is 10.1 Å². The molecule has 0 saturated heterocycles. The molecule has 6 nitrogen and oxygen atoms in total. The summed E-state index contributed by atoms with van der Waals surface area (Å²) in [7, 11) is 0. The molecule has 2 rings (SSSR count). The maximum Gasteiger partial charge on any atom is 0.311 e. The summed E-state index contributed by atoms with van der Waals surface area (Å²) in [6.45, 7) is 2.15. The molecule has 0 aliphatic heterocycles. The largest absolute Gasteiger partial charge is 0.489 e. The second-order valence-corrected chi connectivity index (χ2v) is 4.92. The summed E-state index contributed by atoms with van der Waals surface area (Å²) in [5, 5.41) is 10.9. The fourth-order valence-electron chi connectivity index (χ4n) is 2.44. The molecule has 110 valence electrons.